The van der Waals surface area contributed by atoms with E-state index >= 15 is 0 Å². The molecule has 15 aromatic heterocycles. The predicted molar refractivity (Wildman–Crippen MR) is 584 cm³/mol. The molecule has 0 amide bonds. The fourth-order valence-corrected chi connectivity index (χ4v) is 19.2. The molecule has 1 fully saturated rings. The van der Waals surface area contributed by atoms with Crippen LogP contribution in [0.25, 0.3) is 129 Å². The monoisotopic (exact) mass is 2270 g/mol. The van der Waals surface area contributed by atoms with Crippen molar-refractivity contribution < 1.29 is 18.7 Å². The molecule has 1 aliphatic rings. The number of rotatable bonds is 13. The van der Waals surface area contributed by atoms with Gasteiger partial charge >= 0.3 is 11.6 Å². The maximum absolute atomic E-state index is 12.8. The number of halogens is 12. The number of imidazole rings is 7. The Kier molecular flexibility index (Phi) is 32.5. The van der Waals surface area contributed by atoms with E-state index in [4.69, 9.17) is 135 Å². The third-order valence-electron chi connectivity index (χ3n) is 23.0. The van der Waals surface area contributed by atoms with E-state index < -0.39 is 12.3 Å². The quantitative estimate of drug-likeness (QED) is 0.0588. The van der Waals surface area contributed by atoms with Crippen LogP contribution >= 0.6 is 148 Å². The van der Waals surface area contributed by atoms with Crippen molar-refractivity contribution in [2.24, 2.45) is 5.92 Å². The maximum Gasteiger partial charge on any atom is 0.338 e. The van der Waals surface area contributed by atoms with Crippen molar-refractivity contribution in [3.05, 3.63) is 348 Å². The van der Waals surface area contributed by atoms with Crippen LogP contribution in [0.3, 0.4) is 0 Å². The summed E-state index contributed by atoms with van der Waals surface area (Å²) >= 11 is 68.1. The highest BCUT2D eigenvalue weighted by Crippen LogP contribution is 2.42. The molecule has 0 radical (unpaired) electrons. The van der Waals surface area contributed by atoms with Gasteiger partial charge in [-0.2, -0.15) is 0 Å². The topological polar surface area (TPSA) is 336 Å². The molecule has 1 saturated heterocycles. The van der Waals surface area contributed by atoms with Crippen molar-refractivity contribution >= 4 is 249 Å². The van der Waals surface area contributed by atoms with E-state index in [9.17, 15) is 9.59 Å². The molecule has 146 heavy (non-hydrogen) atoms. The Balaban J connectivity index is 0.000000118. The zero-order valence-corrected chi connectivity index (χ0v) is 90.3. The minimum atomic E-state index is -0.544. The maximum atomic E-state index is 12.8. The summed E-state index contributed by atoms with van der Waals surface area (Å²) in [5.41, 5.74) is 16.2. The molecule has 4 unspecified atom stereocenters. The Morgan fingerprint density at radius 1 is 0.432 bits per heavy atom. The summed E-state index contributed by atoms with van der Waals surface area (Å²) in [5, 5.41) is 5.83. The van der Waals surface area contributed by atoms with E-state index in [1.807, 2.05) is 224 Å². The molecule has 23 rings (SSSR count). The van der Waals surface area contributed by atoms with Gasteiger partial charge in [-0.05, 0) is 188 Å². The van der Waals surface area contributed by atoms with Gasteiger partial charge in [-0.15, -0.1) is 0 Å². The second-order valence-electron chi connectivity index (χ2n) is 33.3. The first kappa shape index (κ1) is 104. The third kappa shape index (κ3) is 22.6. The number of hydrogen-bond acceptors (Lipinski definition) is 24. The molecule has 16 heterocycles. The minimum Gasteiger partial charge on any atom is -0.454 e. The summed E-state index contributed by atoms with van der Waals surface area (Å²) < 4.78 is 32.9. The van der Waals surface area contributed by atoms with E-state index in [0.717, 1.165) is 96.5 Å². The Morgan fingerprint density at radius 3 is 1.42 bits per heavy atom. The summed E-state index contributed by atoms with van der Waals surface area (Å²) in [5.74, 6) is 5.26. The summed E-state index contributed by atoms with van der Waals surface area (Å²) in [6.07, 6.45) is 10.7. The van der Waals surface area contributed by atoms with E-state index in [1.165, 1.54) is 6.07 Å². The second-order valence-corrected chi connectivity index (χ2v) is 39.1. The molecular formula is C103H84Br2Cl10N26O5. The number of aromatic nitrogens is 25. The lowest BCUT2D eigenvalue weighted by molar-refractivity contribution is -0.0478. The van der Waals surface area contributed by atoms with Crippen molar-refractivity contribution in [2.75, 3.05) is 19.0 Å². The number of nitrogens with zero attached hydrogens (tertiary/aromatic N) is 26. The molecule has 22 aromatic rings. The zero-order chi connectivity index (χ0) is 103. The van der Waals surface area contributed by atoms with Crippen molar-refractivity contribution in [3.63, 3.8) is 0 Å². The van der Waals surface area contributed by atoms with Gasteiger partial charge in [-0.3, -0.25) is 27.4 Å². The van der Waals surface area contributed by atoms with Crippen LogP contribution in [0.5, 0.6) is 0 Å². The van der Waals surface area contributed by atoms with Gasteiger partial charge in [0.2, 0.25) is 5.95 Å². The number of pyridine rings is 3. The van der Waals surface area contributed by atoms with Crippen LogP contribution in [0.4, 0.5) is 5.95 Å². The van der Waals surface area contributed by atoms with Gasteiger partial charge in [-0.25, -0.2) is 99.3 Å². The number of fused-ring (bicyclic) bond motifs is 8. The van der Waals surface area contributed by atoms with E-state index in [2.05, 4.69) is 135 Å². The highest BCUT2D eigenvalue weighted by atomic mass is 79.9. The molecular weight excluding hydrogens is 2200 g/mol. The summed E-state index contributed by atoms with van der Waals surface area (Å²) in [6, 6.07) is 60.0. The molecule has 4 atom stereocenters. The van der Waals surface area contributed by atoms with Crippen LogP contribution in [0, 0.1) is 54.4 Å². The molecule has 740 valence electrons. The Bertz CT molecular complexity index is 8670. The van der Waals surface area contributed by atoms with Crippen LogP contribution < -0.4 is 10.5 Å². The molecule has 31 nitrogen and oxygen atoms in total. The summed E-state index contributed by atoms with van der Waals surface area (Å²) in [6.45, 7) is 20.1. The fourth-order valence-electron chi connectivity index (χ4n) is 16.4. The SMILES string of the molecule is CCC1OC(n2c(C)nc3c(Cl)nc(C)nc32)C(OC(=O)c2ccccc2)C1C.CCCn1c(C)nc2c(Cl)nc(C)nc21.Cc1cc(=O)oc2cc(-n3cnc4c(Cl)ccnc43)ccc12.Cc1nc(Cl)c2nc(-c3ccccc3)n(-c3ccc(Br)cc3)c2n1.Cc1nc(Cl)c2nc(N(C)C)n(-c3ccc(Br)cc3)c2n1.Clc1cc(Cl)cc(-n2cnc3c(Cl)ccnc32)c1.Clc1ccccc1-n1cnc2c(Cl)ccnc21. The van der Waals surface area contributed by atoms with Crippen LogP contribution in [-0.4, -0.2) is 154 Å². The molecule has 1 aliphatic heterocycles. The predicted octanol–water partition coefficient (Wildman–Crippen LogP) is 27.2. The van der Waals surface area contributed by atoms with Gasteiger partial charge in [0.25, 0.3) is 0 Å². The van der Waals surface area contributed by atoms with Gasteiger partial charge in [0.05, 0.1) is 54.5 Å². The average molecular weight is 2280 g/mol. The minimum absolute atomic E-state index is 0.00733. The first-order valence-electron chi connectivity index (χ1n) is 45.2. The lowest BCUT2D eigenvalue weighted by atomic mass is 9.98. The van der Waals surface area contributed by atoms with Crippen LogP contribution in [0.1, 0.15) is 90.7 Å². The number of aryl methyl sites for hydroxylation is 8. The molecule has 43 heteroatoms. The van der Waals surface area contributed by atoms with E-state index in [-0.39, 0.29) is 23.6 Å². The standard InChI is InChI=1S/C21H23ClN4O3.C18H12BrClN4.C16H10ClN3O2.C14H13BrClN5.C12H6Cl3N3.C12H7Cl2N3.C10H13ClN4/c1-5-15-11(2)17(29-21(27)14-9-7-6-8-10-14)20(28-15)26-13(4)25-16-18(22)23-12(3)24-19(16)26;1-11-21-16(20)15-18(22-11)24(14-9-7-13(19)8-10-14)17(23-15)12-5-3-2-4-6-12;1-9-6-14(21)22-13-7-10(2-3-11(9)13)20-8-19-15-12(17)4-5-18-16(15)20;1-8-17-12(16)11-13(18-8)21(14(19-11)20(2)3)10-6-4-9(15)5-7-10;13-7-3-8(14)5-9(4-7)18-6-17-11-10(15)1-2-16-12(11)18;13-8-3-1-2-4-10(8)17-7-16-11-9(14)5-6-15-12(11)17;1-4-5-15-7(3)14-8-9(11)12-6(2)13-10(8)15/h6-11,15,17,20H,5H2,1-4H3;2-10H,1H3;2-8H,1H3;4-7H,1-3H3;1-6H;1-7H;4-5H2,1-3H3. The molecule has 0 aliphatic carbocycles. The van der Waals surface area contributed by atoms with Gasteiger partial charge in [0, 0.05) is 92.9 Å². The van der Waals surface area contributed by atoms with Gasteiger partial charge in [-0.1, -0.05) is 229 Å². The highest BCUT2D eigenvalue weighted by molar-refractivity contribution is 9.10. The number of esters is 1. The van der Waals surface area contributed by atoms with Crippen molar-refractivity contribution in [3.8, 4) is 39.8 Å². The van der Waals surface area contributed by atoms with E-state index in [0.29, 0.717) is 164 Å². The number of hydrogen-bond donors (Lipinski definition) is 0. The number of benzene rings is 7. The van der Waals surface area contributed by atoms with Gasteiger partial charge < -0.3 is 23.4 Å². The van der Waals surface area contributed by atoms with Gasteiger partial charge in [0.1, 0.15) is 104 Å². The third-order valence-corrected chi connectivity index (χ3v) is 26.8. The summed E-state index contributed by atoms with van der Waals surface area (Å²) in [7, 11) is 3.87. The number of carbonyl (C=O) groups excluding carboxylic acids is 1. The number of anilines is 1. The van der Waals surface area contributed by atoms with Crippen LogP contribution in [-0.2, 0) is 16.0 Å². The smallest absolute Gasteiger partial charge is 0.338 e. The van der Waals surface area contributed by atoms with Gasteiger partial charge in [0.15, 0.2) is 72.5 Å². The largest absolute Gasteiger partial charge is 0.454 e. The first-order valence-corrected chi connectivity index (χ1v) is 50.5. The molecule has 0 saturated carbocycles. The van der Waals surface area contributed by atoms with Crippen LogP contribution in [0.15, 0.2) is 250 Å². The van der Waals surface area contributed by atoms with Crippen molar-refractivity contribution in [2.45, 2.75) is 107 Å². The second kappa shape index (κ2) is 45.5. The molecule has 0 bridgehead atoms. The molecule has 7 aromatic carbocycles. The summed E-state index contributed by atoms with van der Waals surface area (Å²) in [4.78, 5) is 105. The lowest BCUT2D eigenvalue weighted by Gasteiger charge is -2.23. The molecule has 0 spiro atoms. The normalized spacial score (nSPS) is 13.7. The lowest BCUT2D eigenvalue weighted by Crippen LogP contribution is -2.31. The molecule has 0 N–H and O–H groups in total. The fraction of sp³-hybridized carbons (Fsp3) is 0.184. The number of para-hydroxylation sites is 1. The Labute approximate surface area is 901 Å². The average Bonchev–Trinajstić information content (AvgIpc) is 1.60. The van der Waals surface area contributed by atoms with Crippen LogP contribution in [0.2, 0.25) is 50.7 Å². The van der Waals surface area contributed by atoms with Crippen molar-refractivity contribution in [1.29, 1.82) is 0 Å². The number of ether oxygens (including phenoxy) is 2. The Hall–Kier alpha value is -13.1. The zero-order valence-electron chi connectivity index (χ0n) is 79.6. The van der Waals surface area contributed by atoms with E-state index in [1.54, 1.807) is 104 Å². The first-order chi connectivity index (χ1) is 70.2. The van der Waals surface area contributed by atoms with Crippen molar-refractivity contribution in [1.82, 2.24) is 122 Å². The number of carbonyl (C=O) groups is 1. The Morgan fingerprint density at radius 2 is 0.890 bits per heavy atom. The highest BCUT2D eigenvalue weighted by Gasteiger charge is 2.46.